The molecule has 0 aliphatic heterocycles. The summed E-state index contributed by atoms with van der Waals surface area (Å²) in [5.74, 6) is -1.08. The molecule has 0 bridgehead atoms. The minimum absolute atomic E-state index is 0.0322. The molecule has 3 amide bonds. The van der Waals surface area contributed by atoms with Crippen LogP contribution < -0.4 is 20.9 Å². The molecule has 35 heavy (non-hydrogen) atoms. The molecule has 9 nitrogen and oxygen atoms in total. The first kappa shape index (κ1) is 26.0. The van der Waals surface area contributed by atoms with E-state index in [2.05, 4.69) is 31.1 Å². The second kappa shape index (κ2) is 11.7. The predicted molar refractivity (Wildman–Crippen MR) is 121 cm³/mol. The zero-order valence-electron chi connectivity index (χ0n) is 17.9. The smallest absolute Gasteiger partial charge is 0.333 e. The Morgan fingerprint density at radius 2 is 1.77 bits per heavy atom. The van der Waals surface area contributed by atoms with E-state index >= 15 is 0 Å². The number of carbonyl (C=O) groups is 2. The summed E-state index contributed by atoms with van der Waals surface area (Å²) in [5.41, 5.74) is 4.57. The van der Waals surface area contributed by atoms with Crippen LogP contribution >= 0.6 is 23.2 Å². The average molecular weight is 529 g/mol. The van der Waals surface area contributed by atoms with Crippen LogP contribution in [0.15, 0.2) is 36.8 Å². The maximum absolute atomic E-state index is 14.7. The number of hydrazine groups is 1. The van der Waals surface area contributed by atoms with E-state index in [-0.39, 0.29) is 44.7 Å². The second-order valence-electron chi connectivity index (χ2n) is 6.90. The molecule has 184 valence electrons. The topological polar surface area (TPSA) is 118 Å². The van der Waals surface area contributed by atoms with Gasteiger partial charge >= 0.3 is 6.03 Å². The molecule has 3 N–H and O–H groups in total. The molecule has 0 saturated carbocycles. The van der Waals surface area contributed by atoms with Gasteiger partial charge < -0.3 is 10.1 Å². The van der Waals surface area contributed by atoms with Crippen molar-refractivity contribution in [1.82, 2.24) is 31.1 Å². The molecular formula is C21H17Cl2F3N6O3. The Labute approximate surface area is 207 Å². The van der Waals surface area contributed by atoms with Crippen LogP contribution in [0.2, 0.25) is 10.0 Å². The highest BCUT2D eigenvalue weighted by Crippen LogP contribution is 2.39. The van der Waals surface area contributed by atoms with E-state index in [1.165, 1.54) is 30.7 Å². The lowest BCUT2D eigenvalue weighted by Gasteiger charge is -2.14. The minimum atomic E-state index is -2.75. The molecule has 0 radical (unpaired) electrons. The zero-order valence-corrected chi connectivity index (χ0v) is 19.4. The van der Waals surface area contributed by atoms with Crippen molar-refractivity contribution in [2.24, 2.45) is 0 Å². The van der Waals surface area contributed by atoms with Crippen LogP contribution in [0.3, 0.4) is 0 Å². The Morgan fingerprint density at radius 1 is 1.06 bits per heavy atom. The van der Waals surface area contributed by atoms with Crippen LogP contribution in [0.25, 0.3) is 11.1 Å². The number of nitrogens with one attached hydrogen (secondary N) is 3. The average Bonchev–Trinajstić information content (AvgIpc) is 2.81. The van der Waals surface area contributed by atoms with Crippen molar-refractivity contribution in [3.63, 3.8) is 0 Å². The van der Waals surface area contributed by atoms with Gasteiger partial charge in [0.2, 0.25) is 0 Å². The Hall–Kier alpha value is -3.64. The fourth-order valence-corrected chi connectivity index (χ4v) is 3.26. The second-order valence-corrected chi connectivity index (χ2v) is 7.74. The summed E-state index contributed by atoms with van der Waals surface area (Å²) in [7, 11) is 0. The first-order valence-corrected chi connectivity index (χ1v) is 10.6. The Balaban J connectivity index is 1.64. The number of pyridine rings is 1. The summed E-state index contributed by atoms with van der Waals surface area (Å²) in [6.45, 7) is 0.402. The number of hydrogen-bond acceptors (Lipinski definition) is 6. The van der Waals surface area contributed by atoms with Gasteiger partial charge in [0.25, 0.3) is 12.3 Å². The third-order valence-electron chi connectivity index (χ3n) is 4.34. The van der Waals surface area contributed by atoms with E-state index < -0.39 is 30.8 Å². The van der Waals surface area contributed by atoms with Crippen LogP contribution in [0.4, 0.5) is 18.0 Å². The van der Waals surface area contributed by atoms with Crippen LogP contribution in [0, 0.1) is 12.7 Å². The van der Waals surface area contributed by atoms with E-state index in [1.54, 1.807) is 6.92 Å². The molecule has 0 aliphatic carbocycles. The fraction of sp³-hybridized carbons (Fsp3) is 0.190. The molecule has 0 saturated heterocycles. The van der Waals surface area contributed by atoms with Crippen LogP contribution in [0.5, 0.6) is 5.75 Å². The maximum Gasteiger partial charge on any atom is 0.333 e. The molecule has 1 aromatic carbocycles. The van der Waals surface area contributed by atoms with Crippen LogP contribution in [0.1, 0.15) is 21.9 Å². The molecule has 0 aliphatic rings. The number of hydrogen-bond donors (Lipinski definition) is 3. The largest absolute Gasteiger partial charge is 0.485 e. The summed E-state index contributed by atoms with van der Waals surface area (Å²) in [6.07, 6.45) is 1.07. The lowest BCUT2D eigenvalue weighted by molar-refractivity contribution is 0.0822. The molecule has 0 unspecified atom stereocenters. The van der Waals surface area contributed by atoms with Crippen LogP contribution in [-0.2, 0) is 6.54 Å². The number of aryl methyl sites for hydroxylation is 1. The number of amides is 3. The Kier molecular flexibility index (Phi) is 8.66. The molecule has 3 rings (SSSR count). The van der Waals surface area contributed by atoms with Crippen molar-refractivity contribution in [2.45, 2.75) is 19.9 Å². The lowest BCUT2D eigenvalue weighted by Crippen LogP contribution is -2.46. The quantitative estimate of drug-likeness (QED) is 0.397. The highest BCUT2D eigenvalue weighted by molar-refractivity contribution is 6.36. The number of carbonyl (C=O) groups excluding carboxylic acids is 2. The predicted octanol–water partition coefficient (Wildman–Crippen LogP) is 4.08. The van der Waals surface area contributed by atoms with E-state index in [9.17, 15) is 22.8 Å². The van der Waals surface area contributed by atoms with Gasteiger partial charge in [0.1, 0.15) is 24.0 Å². The number of alkyl halides is 2. The van der Waals surface area contributed by atoms with Gasteiger partial charge in [-0.05, 0) is 25.1 Å². The maximum atomic E-state index is 14.7. The number of halogens is 5. The molecule has 0 spiro atoms. The molecule has 2 heterocycles. The van der Waals surface area contributed by atoms with Gasteiger partial charge in [-0.25, -0.2) is 33.4 Å². The van der Waals surface area contributed by atoms with Crippen molar-refractivity contribution in [3.8, 4) is 16.9 Å². The van der Waals surface area contributed by atoms with Crippen molar-refractivity contribution >= 4 is 35.1 Å². The monoisotopic (exact) mass is 528 g/mol. The third-order valence-corrected chi connectivity index (χ3v) is 4.84. The number of urea groups is 1. The first-order chi connectivity index (χ1) is 16.6. The first-order valence-electron chi connectivity index (χ1n) is 9.81. The third kappa shape index (κ3) is 7.17. The van der Waals surface area contributed by atoms with Crippen molar-refractivity contribution in [3.05, 3.63) is 69.7 Å². The zero-order chi connectivity index (χ0) is 25.5. The fourth-order valence-electron chi connectivity index (χ4n) is 2.72. The summed E-state index contributed by atoms with van der Waals surface area (Å²) >= 11 is 12.1. The van der Waals surface area contributed by atoms with E-state index in [4.69, 9.17) is 27.9 Å². The van der Waals surface area contributed by atoms with Gasteiger partial charge in [-0.3, -0.25) is 15.2 Å². The summed E-state index contributed by atoms with van der Waals surface area (Å²) in [5, 5.41) is 2.47. The number of nitrogens with zero attached hydrogens (tertiary/aromatic N) is 3. The van der Waals surface area contributed by atoms with Gasteiger partial charge in [0, 0.05) is 34.7 Å². The minimum Gasteiger partial charge on any atom is -0.485 e. The van der Waals surface area contributed by atoms with E-state index in [0.29, 0.717) is 5.82 Å². The summed E-state index contributed by atoms with van der Waals surface area (Å²) in [4.78, 5) is 35.6. The van der Waals surface area contributed by atoms with Gasteiger partial charge in [-0.2, -0.15) is 0 Å². The summed E-state index contributed by atoms with van der Waals surface area (Å²) < 4.78 is 44.9. The van der Waals surface area contributed by atoms with Gasteiger partial charge in [-0.15, -0.1) is 0 Å². The Morgan fingerprint density at radius 3 is 2.43 bits per heavy atom. The van der Waals surface area contributed by atoms with E-state index in [0.717, 1.165) is 6.07 Å². The van der Waals surface area contributed by atoms with Crippen molar-refractivity contribution in [1.29, 1.82) is 0 Å². The van der Waals surface area contributed by atoms with Gasteiger partial charge in [0.05, 0.1) is 22.8 Å². The molecule has 14 heteroatoms. The molecule has 2 aromatic heterocycles. The normalized spacial score (nSPS) is 10.7. The molecular weight excluding hydrogens is 512 g/mol. The lowest BCUT2D eigenvalue weighted by atomic mass is 10.1. The standard InChI is InChI=1S/C21H17Cl2F3N6O3/c1-10-27-6-12(7-28-10)20(33)31-32-21(34)30-8-17-16(24)2-11(5-29-17)14-3-13(22)4-15(23)19(14)35-9-18(25)26/h2-7,18H,8-9H2,1H3,(H,31,33)(H2,30,32,34). The van der Waals surface area contributed by atoms with Crippen molar-refractivity contribution < 1.29 is 27.5 Å². The van der Waals surface area contributed by atoms with E-state index in [1.807, 2.05) is 0 Å². The van der Waals surface area contributed by atoms with Gasteiger partial charge in [0.15, 0.2) is 0 Å². The Bertz CT molecular complexity index is 1230. The van der Waals surface area contributed by atoms with Crippen molar-refractivity contribution in [2.75, 3.05) is 6.61 Å². The van der Waals surface area contributed by atoms with Gasteiger partial charge in [-0.1, -0.05) is 23.2 Å². The number of rotatable bonds is 7. The highest BCUT2D eigenvalue weighted by atomic mass is 35.5. The summed E-state index contributed by atoms with van der Waals surface area (Å²) in [6, 6.07) is 2.91. The van der Waals surface area contributed by atoms with Crippen LogP contribution in [-0.4, -0.2) is 39.9 Å². The SMILES string of the molecule is Cc1ncc(C(=O)NNC(=O)NCc2ncc(-c3cc(Cl)cc(Cl)c3OCC(F)F)cc2F)cn1. The molecule has 0 fully saturated rings. The number of benzene rings is 1. The highest BCUT2D eigenvalue weighted by Gasteiger charge is 2.17. The molecule has 3 aromatic rings. The number of ether oxygens (including phenoxy) is 1. The number of aromatic nitrogens is 3. The molecule has 0 atom stereocenters.